The third kappa shape index (κ3) is 2.27. The minimum absolute atomic E-state index is 0.177. The molecule has 0 bridgehead atoms. The molecular formula is C24H20ClN3O5. The summed E-state index contributed by atoms with van der Waals surface area (Å²) in [5.74, 6) is -1.21. The van der Waals surface area contributed by atoms with E-state index in [2.05, 4.69) is 10.2 Å². The molecule has 3 amide bonds. The van der Waals surface area contributed by atoms with E-state index in [0.717, 1.165) is 12.8 Å². The molecule has 9 heteroatoms. The van der Waals surface area contributed by atoms with Crippen molar-refractivity contribution in [2.75, 3.05) is 30.0 Å². The van der Waals surface area contributed by atoms with E-state index >= 15 is 0 Å². The van der Waals surface area contributed by atoms with Gasteiger partial charge in [-0.05, 0) is 49.7 Å². The molecule has 3 saturated heterocycles. The van der Waals surface area contributed by atoms with Crippen molar-refractivity contribution in [3.63, 3.8) is 0 Å². The number of hydrogen-bond donors (Lipinski definition) is 1. The highest BCUT2D eigenvalue weighted by atomic mass is 35.5. The van der Waals surface area contributed by atoms with Crippen LogP contribution in [0.1, 0.15) is 18.4 Å². The number of rotatable bonds is 1. The first kappa shape index (κ1) is 19.4. The van der Waals surface area contributed by atoms with Crippen LogP contribution in [0.2, 0.25) is 5.02 Å². The molecule has 1 N–H and O–H groups in total. The highest BCUT2D eigenvalue weighted by Crippen LogP contribution is 2.61. The summed E-state index contributed by atoms with van der Waals surface area (Å²) >= 11 is 6.33. The largest absolute Gasteiger partial charge is 0.486 e. The fraction of sp³-hybridized carbons (Fsp3) is 0.375. The Morgan fingerprint density at radius 3 is 2.67 bits per heavy atom. The molecular weight excluding hydrogens is 446 g/mol. The summed E-state index contributed by atoms with van der Waals surface area (Å²) in [7, 11) is 0. The summed E-state index contributed by atoms with van der Waals surface area (Å²) in [4.78, 5) is 44.7. The molecule has 0 radical (unpaired) electrons. The maximum absolute atomic E-state index is 14.0. The number of nitrogens with zero attached hydrogens (tertiary/aromatic N) is 2. The van der Waals surface area contributed by atoms with Crippen molar-refractivity contribution < 1.29 is 23.9 Å². The quantitative estimate of drug-likeness (QED) is 0.651. The van der Waals surface area contributed by atoms with Crippen LogP contribution in [-0.4, -0.2) is 48.4 Å². The lowest BCUT2D eigenvalue weighted by molar-refractivity contribution is -0.135. The predicted molar refractivity (Wildman–Crippen MR) is 118 cm³/mol. The highest BCUT2D eigenvalue weighted by Gasteiger charge is 2.74. The molecule has 33 heavy (non-hydrogen) atoms. The molecule has 0 saturated carbocycles. The molecule has 8 nitrogen and oxygen atoms in total. The number of imide groups is 1. The Labute approximate surface area is 194 Å². The predicted octanol–water partition coefficient (Wildman–Crippen LogP) is 2.54. The van der Waals surface area contributed by atoms with E-state index in [0.29, 0.717) is 53.2 Å². The molecule has 1 spiro atoms. The van der Waals surface area contributed by atoms with Crippen LogP contribution in [-0.2, 0) is 19.9 Å². The van der Waals surface area contributed by atoms with Crippen molar-refractivity contribution in [2.45, 2.75) is 24.4 Å². The van der Waals surface area contributed by atoms with Crippen LogP contribution < -0.4 is 19.7 Å². The van der Waals surface area contributed by atoms with E-state index in [1.165, 1.54) is 4.90 Å². The third-order valence-electron chi connectivity index (χ3n) is 7.74. The van der Waals surface area contributed by atoms with Crippen LogP contribution in [0.25, 0.3) is 0 Å². The van der Waals surface area contributed by atoms with Gasteiger partial charge in [-0.15, -0.1) is 0 Å². The lowest BCUT2D eigenvalue weighted by atomic mass is 9.75. The molecule has 4 atom stereocenters. The Morgan fingerprint density at radius 1 is 1.00 bits per heavy atom. The van der Waals surface area contributed by atoms with Crippen LogP contribution >= 0.6 is 11.6 Å². The Hall–Kier alpha value is -3.10. The SMILES string of the molecule is O=C1[C@@H]2[C@H]3CCCN3[C@@]3(C(=O)Nc4ccc(Cl)cc43)[C@@H]2C(=O)N1c1ccc2c(c1)OCCO2. The van der Waals surface area contributed by atoms with Crippen LogP contribution in [0.15, 0.2) is 36.4 Å². The van der Waals surface area contributed by atoms with Crippen LogP contribution in [0, 0.1) is 11.8 Å². The second-order valence-corrected chi connectivity index (χ2v) is 9.59. The van der Waals surface area contributed by atoms with E-state index < -0.39 is 17.4 Å². The van der Waals surface area contributed by atoms with Gasteiger partial charge in [0.25, 0.3) is 0 Å². The number of hydrogen-bond acceptors (Lipinski definition) is 6. The lowest BCUT2D eigenvalue weighted by Gasteiger charge is -2.36. The number of carbonyl (C=O) groups is 3. The van der Waals surface area contributed by atoms with Gasteiger partial charge in [-0.3, -0.25) is 19.3 Å². The topological polar surface area (TPSA) is 88.2 Å². The van der Waals surface area contributed by atoms with Crippen molar-refractivity contribution in [1.29, 1.82) is 0 Å². The maximum atomic E-state index is 14.0. The van der Waals surface area contributed by atoms with Crippen molar-refractivity contribution in [2.24, 2.45) is 11.8 Å². The number of fused-ring (bicyclic) bond motifs is 8. The number of anilines is 2. The Bertz CT molecular complexity index is 1260. The van der Waals surface area contributed by atoms with Crippen molar-refractivity contribution in [3.8, 4) is 11.5 Å². The molecule has 3 fully saturated rings. The zero-order chi connectivity index (χ0) is 22.5. The van der Waals surface area contributed by atoms with Gasteiger partial charge in [0.2, 0.25) is 17.7 Å². The molecule has 2 aromatic rings. The van der Waals surface area contributed by atoms with E-state index in [9.17, 15) is 14.4 Å². The molecule has 5 heterocycles. The molecule has 0 aliphatic carbocycles. The van der Waals surface area contributed by atoms with E-state index in [-0.39, 0.29) is 23.8 Å². The Balaban J connectivity index is 1.39. The highest BCUT2D eigenvalue weighted by molar-refractivity contribution is 6.31. The normalized spacial score (nSPS) is 31.7. The summed E-state index contributed by atoms with van der Waals surface area (Å²) < 4.78 is 11.2. The van der Waals surface area contributed by atoms with Gasteiger partial charge in [-0.2, -0.15) is 0 Å². The lowest BCUT2D eigenvalue weighted by Crippen LogP contribution is -2.54. The summed E-state index contributed by atoms with van der Waals surface area (Å²) in [5.41, 5.74) is 0.535. The summed E-state index contributed by atoms with van der Waals surface area (Å²) in [5, 5.41) is 3.45. The second kappa shape index (κ2) is 6.48. The molecule has 7 rings (SSSR count). The van der Waals surface area contributed by atoms with Gasteiger partial charge in [-0.1, -0.05) is 11.6 Å². The Kier molecular flexibility index (Phi) is 3.81. The zero-order valence-electron chi connectivity index (χ0n) is 17.5. The van der Waals surface area contributed by atoms with Crippen LogP contribution in [0.4, 0.5) is 11.4 Å². The summed E-state index contributed by atoms with van der Waals surface area (Å²) in [6, 6.07) is 10.2. The number of amides is 3. The molecule has 168 valence electrons. The van der Waals surface area contributed by atoms with Gasteiger partial charge in [0, 0.05) is 28.4 Å². The second-order valence-electron chi connectivity index (χ2n) is 9.16. The molecule has 2 aromatic carbocycles. The number of benzene rings is 2. The monoisotopic (exact) mass is 465 g/mol. The first-order chi connectivity index (χ1) is 16.0. The van der Waals surface area contributed by atoms with Gasteiger partial charge < -0.3 is 14.8 Å². The zero-order valence-corrected chi connectivity index (χ0v) is 18.3. The van der Waals surface area contributed by atoms with E-state index in [1.54, 1.807) is 36.4 Å². The van der Waals surface area contributed by atoms with Gasteiger partial charge >= 0.3 is 0 Å². The van der Waals surface area contributed by atoms with Gasteiger partial charge in [0.05, 0.1) is 17.5 Å². The van der Waals surface area contributed by atoms with Gasteiger partial charge in [-0.25, -0.2) is 4.90 Å². The number of nitrogens with one attached hydrogen (secondary N) is 1. The average molecular weight is 466 g/mol. The first-order valence-corrected chi connectivity index (χ1v) is 11.6. The minimum Gasteiger partial charge on any atom is -0.486 e. The number of carbonyl (C=O) groups excluding carboxylic acids is 3. The minimum atomic E-state index is -1.23. The van der Waals surface area contributed by atoms with E-state index in [4.69, 9.17) is 21.1 Å². The number of ether oxygens (including phenoxy) is 2. The summed E-state index contributed by atoms with van der Waals surface area (Å²) in [6.07, 6.45) is 1.63. The van der Waals surface area contributed by atoms with Gasteiger partial charge in [0.1, 0.15) is 18.8 Å². The molecule has 5 aliphatic heterocycles. The molecule has 0 aromatic heterocycles. The standard InChI is InChI=1S/C24H20ClN3O5/c25-12-3-5-15-14(10-12)24(23(31)26-15)20-19(16-2-1-7-27(16)24)21(29)28(22(20)30)13-4-6-17-18(11-13)33-9-8-32-17/h3-6,10-11,16,19-20H,1-2,7-9H2,(H,26,31)/t16-,19-,20+,24-/m1/s1. The van der Waals surface area contributed by atoms with Crippen molar-refractivity contribution in [3.05, 3.63) is 47.0 Å². The average Bonchev–Trinajstić information content (AvgIpc) is 3.52. The van der Waals surface area contributed by atoms with Gasteiger partial charge in [0.15, 0.2) is 11.5 Å². The number of halogens is 1. The molecule has 0 unspecified atom stereocenters. The third-order valence-corrected chi connectivity index (χ3v) is 7.97. The molecule has 5 aliphatic rings. The first-order valence-electron chi connectivity index (χ1n) is 11.2. The maximum Gasteiger partial charge on any atom is 0.250 e. The van der Waals surface area contributed by atoms with Crippen molar-refractivity contribution >= 4 is 40.7 Å². The smallest absolute Gasteiger partial charge is 0.250 e. The summed E-state index contributed by atoms with van der Waals surface area (Å²) in [6.45, 7) is 1.51. The fourth-order valence-electron chi connectivity index (χ4n) is 6.60. The van der Waals surface area contributed by atoms with Crippen LogP contribution in [0.5, 0.6) is 11.5 Å². The Morgan fingerprint density at radius 2 is 1.82 bits per heavy atom. The fourth-order valence-corrected chi connectivity index (χ4v) is 6.77. The van der Waals surface area contributed by atoms with E-state index in [1.807, 2.05) is 0 Å². The van der Waals surface area contributed by atoms with Crippen LogP contribution in [0.3, 0.4) is 0 Å². The van der Waals surface area contributed by atoms with Crippen molar-refractivity contribution in [1.82, 2.24) is 4.90 Å².